The molecule has 0 aliphatic heterocycles. The van der Waals surface area contributed by atoms with Crippen LogP contribution in [0.15, 0.2) is 18.2 Å². The molecule has 6 heteroatoms. The van der Waals surface area contributed by atoms with E-state index in [2.05, 4.69) is 6.92 Å². The molecule has 0 aromatic heterocycles. The van der Waals surface area contributed by atoms with Crippen LogP contribution in [0.3, 0.4) is 0 Å². The second-order valence-corrected chi connectivity index (χ2v) is 4.88. The van der Waals surface area contributed by atoms with E-state index in [1.165, 1.54) is 12.1 Å². The third-order valence-electron chi connectivity index (χ3n) is 3.10. The van der Waals surface area contributed by atoms with Crippen LogP contribution in [-0.2, 0) is 6.18 Å². The highest BCUT2D eigenvalue weighted by Gasteiger charge is 2.34. The Bertz CT molecular complexity index is 472. The Labute approximate surface area is 122 Å². The van der Waals surface area contributed by atoms with E-state index in [4.69, 9.17) is 15.9 Å². The van der Waals surface area contributed by atoms with Gasteiger partial charge in [-0.3, -0.25) is 5.41 Å². The van der Waals surface area contributed by atoms with E-state index >= 15 is 0 Å². The molecule has 0 amide bonds. The molecule has 0 aliphatic carbocycles. The van der Waals surface area contributed by atoms with Crippen LogP contribution in [0, 0.1) is 5.41 Å². The maximum atomic E-state index is 12.9. The number of rotatable bonds is 8. The molecule has 0 unspecified atom stereocenters. The number of amidine groups is 1. The standard InChI is InChI=1S/C15H21F3N2O/c1-2-3-4-5-6-9-21-11-7-8-12(14(19)20)13(10-11)15(16,17)18/h7-8,10H,2-6,9H2,1H3,(H3,19,20). The molecule has 0 radical (unpaired) electrons. The minimum Gasteiger partial charge on any atom is -0.494 e. The molecule has 0 heterocycles. The van der Waals surface area contributed by atoms with Crippen molar-refractivity contribution in [2.24, 2.45) is 5.73 Å². The van der Waals surface area contributed by atoms with Crippen molar-refractivity contribution in [1.82, 2.24) is 0 Å². The largest absolute Gasteiger partial charge is 0.494 e. The van der Waals surface area contributed by atoms with Crippen LogP contribution >= 0.6 is 0 Å². The van der Waals surface area contributed by atoms with Gasteiger partial charge in [-0.15, -0.1) is 0 Å². The number of halogens is 3. The number of nitrogens with two attached hydrogens (primary N) is 1. The Balaban J connectivity index is 2.66. The van der Waals surface area contributed by atoms with Crippen LogP contribution in [-0.4, -0.2) is 12.4 Å². The van der Waals surface area contributed by atoms with Crippen LogP contribution in [0.1, 0.15) is 50.2 Å². The summed E-state index contributed by atoms with van der Waals surface area (Å²) in [7, 11) is 0. The van der Waals surface area contributed by atoms with Crippen molar-refractivity contribution in [1.29, 1.82) is 5.41 Å². The second-order valence-electron chi connectivity index (χ2n) is 4.88. The van der Waals surface area contributed by atoms with Gasteiger partial charge >= 0.3 is 6.18 Å². The fourth-order valence-electron chi connectivity index (χ4n) is 1.98. The number of unbranched alkanes of at least 4 members (excludes halogenated alkanes) is 4. The third-order valence-corrected chi connectivity index (χ3v) is 3.10. The number of nitrogens with one attached hydrogen (secondary N) is 1. The van der Waals surface area contributed by atoms with E-state index in [1.807, 2.05) is 0 Å². The van der Waals surface area contributed by atoms with Gasteiger partial charge in [0.05, 0.1) is 12.2 Å². The van der Waals surface area contributed by atoms with E-state index in [9.17, 15) is 13.2 Å². The van der Waals surface area contributed by atoms with Gasteiger partial charge in [0.25, 0.3) is 0 Å². The van der Waals surface area contributed by atoms with Gasteiger partial charge in [-0.05, 0) is 24.6 Å². The first kappa shape index (κ1) is 17.3. The Morgan fingerprint density at radius 1 is 1.19 bits per heavy atom. The van der Waals surface area contributed by atoms with E-state index in [-0.39, 0.29) is 11.3 Å². The predicted molar refractivity (Wildman–Crippen MR) is 76.7 cm³/mol. The van der Waals surface area contributed by atoms with Crippen LogP contribution < -0.4 is 10.5 Å². The number of benzene rings is 1. The van der Waals surface area contributed by atoms with Gasteiger partial charge in [0.1, 0.15) is 11.6 Å². The lowest BCUT2D eigenvalue weighted by molar-refractivity contribution is -0.137. The summed E-state index contributed by atoms with van der Waals surface area (Å²) in [6.07, 6.45) is 0.674. The molecule has 3 nitrogen and oxygen atoms in total. The third kappa shape index (κ3) is 5.65. The van der Waals surface area contributed by atoms with Gasteiger partial charge < -0.3 is 10.5 Å². The highest BCUT2D eigenvalue weighted by molar-refractivity contribution is 5.96. The van der Waals surface area contributed by atoms with E-state index in [0.29, 0.717) is 6.61 Å². The number of nitrogen functional groups attached to an aromatic ring is 1. The molecule has 0 fully saturated rings. The average molecular weight is 302 g/mol. The SMILES string of the molecule is CCCCCCCOc1ccc(C(=N)N)c(C(F)(F)F)c1. The van der Waals surface area contributed by atoms with Gasteiger partial charge in [0.2, 0.25) is 0 Å². The van der Waals surface area contributed by atoms with Gasteiger partial charge in [-0.25, -0.2) is 0 Å². The van der Waals surface area contributed by atoms with Crippen LogP contribution in [0.5, 0.6) is 5.75 Å². The Kier molecular flexibility index (Phi) is 6.52. The highest BCUT2D eigenvalue weighted by Crippen LogP contribution is 2.34. The summed E-state index contributed by atoms with van der Waals surface area (Å²) in [4.78, 5) is 0. The highest BCUT2D eigenvalue weighted by atomic mass is 19.4. The molecule has 0 bridgehead atoms. The maximum absolute atomic E-state index is 12.9. The minimum atomic E-state index is -4.55. The number of hydrogen-bond donors (Lipinski definition) is 2. The summed E-state index contributed by atoms with van der Waals surface area (Å²) in [5.41, 5.74) is 3.92. The topological polar surface area (TPSA) is 59.1 Å². The van der Waals surface area contributed by atoms with E-state index in [0.717, 1.165) is 38.2 Å². The first-order valence-electron chi connectivity index (χ1n) is 7.04. The molecule has 21 heavy (non-hydrogen) atoms. The van der Waals surface area contributed by atoms with Gasteiger partial charge in [-0.2, -0.15) is 13.2 Å². The van der Waals surface area contributed by atoms with Crippen LogP contribution in [0.2, 0.25) is 0 Å². The fraction of sp³-hybridized carbons (Fsp3) is 0.533. The molecular formula is C15H21F3N2O. The molecule has 0 spiro atoms. The van der Waals surface area contributed by atoms with Crippen molar-refractivity contribution < 1.29 is 17.9 Å². The lowest BCUT2D eigenvalue weighted by atomic mass is 10.1. The summed E-state index contributed by atoms with van der Waals surface area (Å²) in [5.74, 6) is -0.448. The molecule has 0 saturated heterocycles. The normalized spacial score (nSPS) is 11.4. The number of alkyl halides is 3. The Hall–Kier alpha value is -1.72. The van der Waals surface area contributed by atoms with Crippen molar-refractivity contribution >= 4 is 5.84 Å². The Morgan fingerprint density at radius 3 is 2.43 bits per heavy atom. The molecule has 0 aliphatic rings. The van der Waals surface area contributed by atoms with E-state index in [1.54, 1.807) is 0 Å². The first-order valence-corrected chi connectivity index (χ1v) is 7.04. The lowest BCUT2D eigenvalue weighted by Crippen LogP contribution is -2.19. The summed E-state index contributed by atoms with van der Waals surface area (Å²) >= 11 is 0. The zero-order valence-electron chi connectivity index (χ0n) is 12.1. The maximum Gasteiger partial charge on any atom is 0.417 e. The first-order chi connectivity index (χ1) is 9.86. The molecular weight excluding hydrogens is 281 g/mol. The molecule has 118 valence electrons. The Morgan fingerprint density at radius 2 is 1.86 bits per heavy atom. The monoisotopic (exact) mass is 302 g/mol. The quantitative estimate of drug-likeness (QED) is 0.426. The fourth-order valence-corrected chi connectivity index (χ4v) is 1.98. The summed E-state index contributed by atoms with van der Waals surface area (Å²) < 4.78 is 44.1. The number of hydrogen-bond acceptors (Lipinski definition) is 2. The summed E-state index contributed by atoms with van der Waals surface area (Å²) in [6.45, 7) is 2.51. The zero-order valence-corrected chi connectivity index (χ0v) is 12.1. The molecule has 1 aromatic carbocycles. The second kappa shape index (κ2) is 7.90. The molecule has 0 atom stereocenters. The summed E-state index contributed by atoms with van der Waals surface area (Å²) in [5, 5.41) is 7.20. The molecule has 0 saturated carbocycles. The molecule has 1 aromatic rings. The minimum absolute atomic E-state index is 0.155. The molecule has 3 N–H and O–H groups in total. The predicted octanol–water partition coefficient (Wildman–Crippen LogP) is 4.34. The van der Waals surface area contributed by atoms with Gasteiger partial charge in [0.15, 0.2) is 0 Å². The lowest BCUT2D eigenvalue weighted by Gasteiger charge is -2.14. The van der Waals surface area contributed by atoms with Gasteiger partial charge in [-0.1, -0.05) is 32.6 Å². The van der Waals surface area contributed by atoms with Crippen molar-refractivity contribution in [3.05, 3.63) is 29.3 Å². The number of ether oxygens (including phenoxy) is 1. The van der Waals surface area contributed by atoms with Crippen molar-refractivity contribution in [3.8, 4) is 5.75 Å². The van der Waals surface area contributed by atoms with Crippen LogP contribution in [0.25, 0.3) is 0 Å². The average Bonchev–Trinajstić information content (AvgIpc) is 2.41. The molecule has 1 rings (SSSR count). The smallest absolute Gasteiger partial charge is 0.417 e. The van der Waals surface area contributed by atoms with Crippen molar-refractivity contribution in [2.75, 3.05) is 6.61 Å². The van der Waals surface area contributed by atoms with Crippen molar-refractivity contribution in [2.45, 2.75) is 45.2 Å². The zero-order chi connectivity index (χ0) is 15.9. The van der Waals surface area contributed by atoms with Crippen molar-refractivity contribution in [3.63, 3.8) is 0 Å². The van der Waals surface area contributed by atoms with E-state index < -0.39 is 17.6 Å². The summed E-state index contributed by atoms with van der Waals surface area (Å²) in [6, 6.07) is 3.50. The van der Waals surface area contributed by atoms with Gasteiger partial charge in [0, 0.05) is 5.56 Å². The van der Waals surface area contributed by atoms with Crippen LogP contribution in [0.4, 0.5) is 13.2 Å².